The van der Waals surface area contributed by atoms with E-state index in [2.05, 4.69) is 22.6 Å². The number of hydrogen-bond donors (Lipinski definition) is 0. The molecule has 2 heteroatoms. The Kier molecular flexibility index (Phi) is 2.42. The fourth-order valence-electron chi connectivity index (χ4n) is 2.47. The lowest BCUT2D eigenvalue weighted by atomic mass is 9.84. The van der Waals surface area contributed by atoms with Crippen LogP contribution in [0.25, 0.3) is 0 Å². The Bertz CT molecular complexity index is 140. The zero-order chi connectivity index (χ0) is 7.73. The van der Waals surface area contributed by atoms with E-state index in [-0.39, 0.29) is 0 Å². The average molecular weight is 266 g/mol. The first kappa shape index (κ1) is 8.30. The minimum absolute atomic E-state index is 0.577. The van der Waals surface area contributed by atoms with Gasteiger partial charge in [-0.3, -0.25) is 0 Å². The molecule has 1 aliphatic heterocycles. The lowest BCUT2D eigenvalue weighted by Gasteiger charge is -2.19. The van der Waals surface area contributed by atoms with Crippen molar-refractivity contribution in [3.8, 4) is 0 Å². The highest BCUT2D eigenvalue weighted by molar-refractivity contribution is 14.1. The third-order valence-electron chi connectivity index (χ3n) is 3.12. The summed E-state index contributed by atoms with van der Waals surface area (Å²) in [6.45, 7) is 1.06. The van der Waals surface area contributed by atoms with E-state index in [4.69, 9.17) is 4.74 Å². The summed E-state index contributed by atoms with van der Waals surface area (Å²) < 4.78 is 6.91. The van der Waals surface area contributed by atoms with Crippen LogP contribution in [0.15, 0.2) is 0 Å². The zero-order valence-electron chi connectivity index (χ0n) is 6.81. The van der Waals surface area contributed by atoms with Crippen molar-refractivity contribution in [1.82, 2.24) is 0 Å². The molecule has 0 amide bonds. The summed E-state index contributed by atoms with van der Waals surface area (Å²) in [5.74, 6) is 0. The number of alkyl halides is 1. The highest BCUT2D eigenvalue weighted by Crippen LogP contribution is 2.46. The zero-order valence-corrected chi connectivity index (χ0v) is 8.97. The molecule has 1 spiro atoms. The Morgan fingerprint density at radius 3 is 2.64 bits per heavy atom. The van der Waals surface area contributed by atoms with E-state index in [9.17, 15) is 0 Å². The highest BCUT2D eigenvalue weighted by atomic mass is 127. The summed E-state index contributed by atoms with van der Waals surface area (Å²) in [5, 5.41) is 0. The SMILES string of the molecule is IC[C@@H]1CC2(CCCC2)CO1. The van der Waals surface area contributed by atoms with Gasteiger partial charge in [0.15, 0.2) is 0 Å². The van der Waals surface area contributed by atoms with Crippen molar-refractivity contribution >= 4 is 22.6 Å². The summed E-state index contributed by atoms with van der Waals surface area (Å²) in [5.41, 5.74) is 0.635. The maximum atomic E-state index is 5.73. The van der Waals surface area contributed by atoms with Crippen molar-refractivity contribution in [3.63, 3.8) is 0 Å². The second-order valence-corrected chi connectivity index (χ2v) is 4.88. The molecule has 0 bridgehead atoms. The van der Waals surface area contributed by atoms with Crippen LogP contribution in [0, 0.1) is 5.41 Å². The van der Waals surface area contributed by atoms with Gasteiger partial charge in [0, 0.05) is 4.43 Å². The number of rotatable bonds is 1. The summed E-state index contributed by atoms with van der Waals surface area (Å²) in [6.07, 6.45) is 7.67. The van der Waals surface area contributed by atoms with E-state index in [0.717, 1.165) is 6.61 Å². The third kappa shape index (κ3) is 1.57. The van der Waals surface area contributed by atoms with E-state index in [0.29, 0.717) is 11.5 Å². The maximum Gasteiger partial charge on any atom is 0.0670 e. The predicted octanol–water partition coefficient (Wildman–Crippen LogP) is 2.77. The minimum Gasteiger partial charge on any atom is -0.377 e. The molecule has 64 valence electrons. The van der Waals surface area contributed by atoms with Crippen molar-refractivity contribution in [2.24, 2.45) is 5.41 Å². The first-order valence-corrected chi connectivity index (χ1v) is 6.05. The van der Waals surface area contributed by atoms with E-state index in [1.807, 2.05) is 0 Å². The molecule has 0 aromatic heterocycles. The van der Waals surface area contributed by atoms with Gasteiger partial charge in [-0.05, 0) is 24.7 Å². The average Bonchev–Trinajstić information content (AvgIpc) is 2.62. The van der Waals surface area contributed by atoms with Crippen molar-refractivity contribution in [3.05, 3.63) is 0 Å². The Labute approximate surface area is 82.0 Å². The summed E-state index contributed by atoms with van der Waals surface area (Å²) >= 11 is 2.43. The molecule has 1 aliphatic carbocycles. The Morgan fingerprint density at radius 1 is 1.36 bits per heavy atom. The molecule has 2 aliphatic rings. The second kappa shape index (κ2) is 3.21. The first-order valence-electron chi connectivity index (χ1n) is 4.52. The van der Waals surface area contributed by atoms with Crippen LogP contribution in [0.1, 0.15) is 32.1 Å². The van der Waals surface area contributed by atoms with Crippen LogP contribution < -0.4 is 0 Å². The molecule has 0 aromatic rings. The van der Waals surface area contributed by atoms with Gasteiger partial charge >= 0.3 is 0 Å². The van der Waals surface area contributed by atoms with E-state index < -0.39 is 0 Å². The number of hydrogen-bond acceptors (Lipinski definition) is 1. The quantitative estimate of drug-likeness (QED) is 0.524. The molecule has 0 N–H and O–H groups in total. The van der Waals surface area contributed by atoms with Crippen LogP contribution in [-0.2, 0) is 4.74 Å². The third-order valence-corrected chi connectivity index (χ3v) is 4.10. The fraction of sp³-hybridized carbons (Fsp3) is 1.00. The molecule has 1 saturated carbocycles. The van der Waals surface area contributed by atoms with Crippen LogP contribution in [-0.4, -0.2) is 17.1 Å². The summed E-state index contributed by atoms with van der Waals surface area (Å²) in [4.78, 5) is 0. The largest absolute Gasteiger partial charge is 0.377 e. The van der Waals surface area contributed by atoms with Gasteiger partial charge in [-0.2, -0.15) is 0 Å². The molecular weight excluding hydrogens is 251 g/mol. The topological polar surface area (TPSA) is 9.23 Å². The Hall–Kier alpha value is 0.690. The Morgan fingerprint density at radius 2 is 2.09 bits per heavy atom. The lowest BCUT2D eigenvalue weighted by Crippen LogP contribution is -2.16. The van der Waals surface area contributed by atoms with Gasteiger partial charge in [0.2, 0.25) is 0 Å². The van der Waals surface area contributed by atoms with Gasteiger partial charge in [-0.1, -0.05) is 35.4 Å². The van der Waals surface area contributed by atoms with Gasteiger partial charge in [-0.15, -0.1) is 0 Å². The highest BCUT2D eigenvalue weighted by Gasteiger charge is 2.41. The van der Waals surface area contributed by atoms with Crippen molar-refractivity contribution < 1.29 is 4.74 Å². The molecule has 1 atom stereocenters. The van der Waals surface area contributed by atoms with Crippen molar-refractivity contribution in [2.45, 2.75) is 38.2 Å². The van der Waals surface area contributed by atoms with Crippen LogP contribution in [0.4, 0.5) is 0 Å². The van der Waals surface area contributed by atoms with Gasteiger partial charge in [-0.25, -0.2) is 0 Å². The smallest absolute Gasteiger partial charge is 0.0670 e. The molecule has 1 heterocycles. The predicted molar refractivity (Wildman–Crippen MR) is 54.1 cm³/mol. The normalized spacial score (nSPS) is 35.2. The van der Waals surface area contributed by atoms with Gasteiger partial charge in [0.05, 0.1) is 12.7 Å². The van der Waals surface area contributed by atoms with Crippen LogP contribution >= 0.6 is 22.6 Å². The van der Waals surface area contributed by atoms with Gasteiger partial charge < -0.3 is 4.74 Å². The molecule has 0 unspecified atom stereocenters. The molecule has 11 heavy (non-hydrogen) atoms. The summed E-state index contributed by atoms with van der Waals surface area (Å²) in [7, 11) is 0. The molecule has 1 saturated heterocycles. The maximum absolute atomic E-state index is 5.73. The standard InChI is InChI=1S/C9H15IO/c10-6-8-5-9(7-11-8)3-1-2-4-9/h8H,1-7H2/t8-/m0/s1. The van der Waals surface area contributed by atoms with Crippen molar-refractivity contribution in [1.29, 1.82) is 0 Å². The van der Waals surface area contributed by atoms with E-state index in [1.54, 1.807) is 0 Å². The monoisotopic (exact) mass is 266 g/mol. The molecule has 2 rings (SSSR count). The number of ether oxygens (including phenoxy) is 1. The lowest BCUT2D eigenvalue weighted by molar-refractivity contribution is 0.110. The van der Waals surface area contributed by atoms with Gasteiger partial charge in [0.25, 0.3) is 0 Å². The van der Waals surface area contributed by atoms with Crippen LogP contribution in [0.5, 0.6) is 0 Å². The number of halogens is 1. The van der Waals surface area contributed by atoms with E-state index in [1.165, 1.54) is 36.5 Å². The molecular formula is C9H15IO. The summed E-state index contributed by atoms with van der Waals surface area (Å²) in [6, 6.07) is 0. The molecule has 0 radical (unpaired) electrons. The van der Waals surface area contributed by atoms with E-state index >= 15 is 0 Å². The van der Waals surface area contributed by atoms with Crippen LogP contribution in [0.2, 0.25) is 0 Å². The molecule has 0 aromatic carbocycles. The minimum atomic E-state index is 0.577. The van der Waals surface area contributed by atoms with Crippen LogP contribution in [0.3, 0.4) is 0 Å². The second-order valence-electron chi connectivity index (χ2n) is 4.00. The van der Waals surface area contributed by atoms with Crippen molar-refractivity contribution in [2.75, 3.05) is 11.0 Å². The first-order chi connectivity index (χ1) is 5.35. The molecule has 2 fully saturated rings. The fourth-order valence-corrected chi connectivity index (χ4v) is 3.03. The Balaban J connectivity index is 1.96. The van der Waals surface area contributed by atoms with Gasteiger partial charge in [0.1, 0.15) is 0 Å². The molecule has 1 nitrogen and oxygen atoms in total.